The second-order valence-corrected chi connectivity index (χ2v) is 11.1. The van der Waals surface area contributed by atoms with Crippen LogP contribution in [0.15, 0.2) is 109 Å². The first kappa shape index (κ1) is 23.2. The molecule has 0 saturated carbocycles. The van der Waals surface area contributed by atoms with E-state index in [-0.39, 0.29) is 5.41 Å². The minimum atomic E-state index is 0.0594. The van der Waals surface area contributed by atoms with Gasteiger partial charge in [-0.25, -0.2) is 4.57 Å². The van der Waals surface area contributed by atoms with Crippen LogP contribution in [0.4, 0.5) is 0 Å². The van der Waals surface area contributed by atoms with Gasteiger partial charge in [0.15, 0.2) is 11.0 Å². The Balaban J connectivity index is 1.74. The van der Waals surface area contributed by atoms with Crippen LogP contribution >= 0.6 is 0 Å². The number of rotatable bonds is 3. The van der Waals surface area contributed by atoms with Gasteiger partial charge in [0.1, 0.15) is 5.69 Å². The normalized spacial score (nSPS) is 11.9. The van der Waals surface area contributed by atoms with E-state index in [4.69, 9.17) is 0 Å². The van der Waals surface area contributed by atoms with E-state index in [9.17, 15) is 0 Å². The van der Waals surface area contributed by atoms with E-state index < -0.39 is 0 Å². The number of aryl methyl sites for hydroxylation is 2. The predicted octanol–water partition coefficient (Wildman–Crippen LogP) is 8.55. The third kappa shape index (κ3) is 3.94. The van der Waals surface area contributed by atoms with Gasteiger partial charge in [-0.15, -0.1) is 0 Å². The van der Waals surface area contributed by atoms with Gasteiger partial charge >= 0.3 is 0 Å². The van der Waals surface area contributed by atoms with Crippen molar-refractivity contribution in [3.05, 3.63) is 120 Å². The van der Waals surface area contributed by atoms with E-state index in [2.05, 4.69) is 153 Å². The smallest absolute Gasteiger partial charge is 0.225 e. The second kappa shape index (κ2) is 8.74. The van der Waals surface area contributed by atoms with Crippen molar-refractivity contribution in [3.8, 4) is 28.2 Å². The summed E-state index contributed by atoms with van der Waals surface area (Å²) in [6.45, 7) is 9.07. The Morgan fingerprint density at radius 2 is 1.41 bits per heavy atom. The Hall–Kier alpha value is -4.17. The van der Waals surface area contributed by atoms with Crippen molar-refractivity contribution in [2.24, 2.45) is 7.05 Å². The lowest BCUT2D eigenvalue weighted by Gasteiger charge is -2.18. The maximum absolute atomic E-state index is 2.48. The van der Waals surface area contributed by atoms with Gasteiger partial charge in [-0.1, -0.05) is 106 Å². The van der Waals surface area contributed by atoms with Gasteiger partial charge in [0.2, 0.25) is 0 Å². The van der Waals surface area contributed by atoms with Crippen LogP contribution in [0, 0.1) is 6.92 Å². The Morgan fingerprint density at radius 1 is 0.676 bits per heavy atom. The van der Waals surface area contributed by atoms with Crippen molar-refractivity contribution in [3.63, 3.8) is 0 Å². The third-order valence-corrected chi connectivity index (χ3v) is 7.57. The monoisotopic (exact) mass is 481 g/mol. The van der Waals surface area contributed by atoms with Crippen LogP contribution in [-0.2, 0) is 12.5 Å². The molecule has 0 atom stereocenters. The first-order valence-corrected chi connectivity index (χ1v) is 13.0. The van der Waals surface area contributed by atoms with E-state index >= 15 is 0 Å². The molecule has 1 aromatic heterocycles. The highest BCUT2D eigenvalue weighted by molar-refractivity contribution is 5.93. The molecule has 0 radical (unpaired) electrons. The molecule has 0 aliphatic heterocycles. The number of nitrogens with zero attached hydrogens (tertiary/aromatic N) is 2. The molecule has 0 aliphatic rings. The Morgan fingerprint density at radius 3 is 2.19 bits per heavy atom. The summed E-state index contributed by atoms with van der Waals surface area (Å²) in [7, 11) is 2.20. The lowest BCUT2D eigenvalue weighted by Crippen LogP contribution is -2.30. The number of aromatic nitrogens is 2. The van der Waals surface area contributed by atoms with Crippen molar-refractivity contribution < 1.29 is 4.57 Å². The lowest BCUT2D eigenvalue weighted by molar-refractivity contribution is -0.633. The summed E-state index contributed by atoms with van der Waals surface area (Å²) in [6.07, 6.45) is 0. The molecule has 0 fully saturated rings. The van der Waals surface area contributed by atoms with Crippen molar-refractivity contribution in [1.82, 2.24) is 4.57 Å². The molecule has 6 aromatic rings. The molecule has 0 saturated heterocycles. The average Bonchev–Trinajstić information content (AvgIpc) is 3.20. The third-order valence-electron chi connectivity index (χ3n) is 7.57. The summed E-state index contributed by atoms with van der Waals surface area (Å²) in [6, 6.07) is 39.8. The summed E-state index contributed by atoms with van der Waals surface area (Å²) in [5, 5.41) is 2.50. The minimum Gasteiger partial charge on any atom is -0.225 e. The van der Waals surface area contributed by atoms with Gasteiger partial charge < -0.3 is 0 Å². The van der Waals surface area contributed by atoms with Gasteiger partial charge in [0, 0.05) is 5.39 Å². The summed E-state index contributed by atoms with van der Waals surface area (Å²) >= 11 is 0. The second-order valence-electron chi connectivity index (χ2n) is 11.1. The van der Waals surface area contributed by atoms with Crippen molar-refractivity contribution >= 4 is 21.8 Å². The average molecular weight is 482 g/mol. The van der Waals surface area contributed by atoms with Gasteiger partial charge in [-0.05, 0) is 64.2 Å². The van der Waals surface area contributed by atoms with Crippen LogP contribution < -0.4 is 4.57 Å². The van der Waals surface area contributed by atoms with Crippen LogP contribution in [0.5, 0.6) is 0 Å². The standard InChI is InChI=1S/C35H33N2/c1-24-18-19-27(25-12-7-6-8-13-25)22-30(24)34-36(5)32-21-20-28(35(2,3)4)23-33(32)37(34)31-17-11-15-26-14-9-10-16-29(26)31/h6-23H,1-5H3/q+1. The quantitative estimate of drug-likeness (QED) is 0.224. The Bertz CT molecular complexity index is 1760. The molecule has 2 heteroatoms. The van der Waals surface area contributed by atoms with Crippen LogP contribution in [-0.4, -0.2) is 4.57 Å². The van der Waals surface area contributed by atoms with Crippen LogP contribution in [0.25, 0.3) is 50.0 Å². The molecule has 0 spiro atoms. The maximum atomic E-state index is 2.48. The molecule has 0 bridgehead atoms. The molecule has 6 rings (SSSR count). The summed E-state index contributed by atoms with van der Waals surface area (Å²) < 4.78 is 4.84. The number of imidazole rings is 1. The van der Waals surface area contributed by atoms with E-state index in [1.54, 1.807) is 0 Å². The topological polar surface area (TPSA) is 8.81 Å². The molecule has 0 unspecified atom stereocenters. The fourth-order valence-corrected chi connectivity index (χ4v) is 5.45. The molecule has 5 aromatic carbocycles. The molecule has 0 N–H and O–H groups in total. The summed E-state index contributed by atoms with van der Waals surface area (Å²) in [5.41, 5.74) is 10.0. The van der Waals surface area contributed by atoms with Gasteiger partial charge in [-0.3, -0.25) is 0 Å². The molecule has 2 nitrogen and oxygen atoms in total. The van der Waals surface area contributed by atoms with Crippen molar-refractivity contribution in [2.75, 3.05) is 0 Å². The highest BCUT2D eigenvalue weighted by atomic mass is 15.2. The highest BCUT2D eigenvalue weighted by Gasteiger charge is 2.29. The molecular formula is C35H33N2+. The molecule has 0 amide bonds. The van der Waals surface area contributed by atoms with E-state index in [0.717, 1.165) is 0 Å². The Labute approximate surface area is 219 Å². The van der Waals surface area contributed by atoms with Gasteiger partial charge in [0.25, 0.3) is 5.82 Å². The number of benzene rings is 5. The van der Waals surface area contributed by atoms with Crippen molar-refractivity contribution in [2.45, 2.75) is 33.1 Å². The first-order chi connectivity index (χ1) is 17.8. The van der Waals surface area contributed by atoms with Crippen LogP contribution in [0.2, 0.25) is 0 Å². The zero-order valence-corrected chi connectivity index (χ0v) is 22.3. The number of hydrogen-bond donors (Lipinski definition) is 0. The fourth-order valence-electron chi connectivity index (χ4n) is 5.45. The Kier molecular flexibility index (Phi) is 5.49. The van der Waals surface area contributed by atoms with Crippen LogP contribution in [0.1, 0.15) is 31.9 Å². The first-order valence-electron chi connectivity index (χ1n) is 13.0. The minimum absolute atomic E-state index is 0.0594. The molecule has 0 aliphatic carbocycles. The summed E-state index contributed by atoms with van der Waals surface area (Å²) in [5.74, 6) is 1.19. The van der Waals surface area contributed by atoms with Crippen molar-refractivity contribution in [1.29, 1.82) is 0 Å². The maximum Gasteiger partial charge on any atom is 0.295 e. The fraction of sp³-hybridized carbons (Fsp3) is 0.171. The molecule has 182 valence electrons. The summed E-state index contributed by atoms with van der Waals surface area (Å²) in [4.78, 5) is 0. The SMILES string of the molecule is Cc1ccc(-c2ccccc2)cc1-c1n(-c2cccc3ccccc23)c2cc(C(C)(C)C)ccc2[n+]1C. The van der Waals surface area contributed by atoms with E-state index in [0.29, 0.717) is 0 Å². The molecular weight excluding hydrogens is 448 g/mol. The van der Waals surface area contributed by atoms with Gasteiger partial charge in [-0.2, -0.15) is 4.57 Å². The number of fused-ring (bicyclic) bond motifs is 2. The lowest BCUT2D eigenvalue weighted by atomic mass is 9.87. The zero-order valence-electron chi connectivity index (χ0n) is 22.3. The van der Waals surface area contributed by atoms with Gasteiger partial charge in [0.05, 0.1) is 12.6 Å². The highest BCUT2D eigenvalue weighted by Crippen LogP contribution is 2.36. The zero-order chi connectivity index (χ0) is 25.7. The predicted molar refractivity (Wildman–Crippen MR) is 156 cm³/mol. The van der Waals surface area contributed by atoms with E-state index in [1.807, 2.05) is 0 Å². The van der Waals surface area contributed by atoms with Crippen LogP contribution in [0.3, 0.4) is 0 Å². The largest absolute Gasteiger partial charge is 0.295 e. The molecule has 37 heavy (non-hydrogen) atoms. The van der Waals surface area contributed by atoms with E-state index in [1.165, 1.54) is 61.1 Å². The number of hydrogen-bond acceptors (Lipinski definition) is 0. The molecule has 1 heterocycles.